The van der Waals surface area contributed by atoms with Gasteiger partial charge in [-0.15, -0.1) is 0 Å². The lowest BCUT2D eigenvalue weighted by Crippen LogP contribution is -2.26. The summed E-state index contributed by atoms with van der Waals surface area (Å²) in [5, 5.41) is 2.82. The average molecular weight is 339 g/mol. The summed E-state index contributed by atoms with van der Waals surface area (Å²) in [6.07, 6.45) is 0.675. The highest BCUT2D eigenvalue weighted by Gasteiger charge is 2.35. The number of rotatable bonds is 7. The molecule has 25 heavy (non-hydrogen) atoms. The van der Waals surface area contributed by atoms with Crippen LogP contribution in [0.1, 0.15) is 31.4 Å². The van der Waals surface area contributed by atoms with Crippen molar-refractivity contribution < 1.29 is 19.1 Å². The van der Waals surface area contributed by atoms with Crippen LogP contribution in [-0.4, -0.2) is 18.5 Å². The number of ether oxygens (including phenoxy) is 2. The molecule has 5 nitrogen and oxygen atoms in total. The Hall–Kier alpha value is -2.82. The fourth-order valence-electron chi connectivity index (χ4n) is 2.48. The molecule has 1 aliphatic rings. The van der Waals surface area contributed by atoms with Crippen LogP contribution in [0.25, 0.3) is 0 Å². The number of esters is 1. The van der Waals surface area contributed by atoms with Crippen molar-refractivity contribution in [3.05, 3.63) is 60.2 Å². The lowest BCUT2D eigenvalue weighted by molar-refractivity contribution is -0.156. The molecule has 1 saturated carbocycles. The molecule has 1 amide bonds. The maximum atomic E-state index is 12.8. The van der Waals surface area contributed by atoms with Crippen molar-refractivity contribution in [1.82, 2.24) is 0 Å². The van der Waals surface area contributed by atoms with E-state index in [0.29, 0.717) is 23.6 Å². The van der Waals surface area contributed by atoms with Gasteiger partial charge in [-0.1, -0.05) is 42.5 Å². The largest absolute Gasteiger partial charge is 0.492 e. The van der Waals surface area contributed by atoms with Crippen molar-refractivity contribution in [1.29, 1.82) is 0 Å². The number of nitrogens with one attached hydrogen (secondary N) is 1. The Morgan fingerprint density at radius 1 is 1.08 bits per heavy atom. The molecule has 0 bridgehead atoms. The molecule has 3 rings (SSSR count). The van der Waals surface area contributed by atoms with E-state index in [2.05, 4.69) is 5.32 Å². The van der Waals surface area contributed by atoms with Crippen LogP contribution in [0.5, 0.6) is 5.75 Å². The van der Waals surface area contributed by atoms with E-state index in [-0.39, 0.29) is 11.9 Å². The molecule has 0 saturated heterocycles. The maximum Gasteiger partial charge on any atom is 0.310 e. The van der Waals surface area contributed by atoms with Gasteiger partial charge >= 0.3 is 5.97 Å². The first-order chi connectivity index (χ1) is 12.2. The molecule has 2 aromatic rings. The Labute approximate surface area is 147 Å². The number of anilines is 1. The monoisotopic (exact) mass is 339 g/mol. The average Bonchev–Trinajstić information content (AvgIpc) is 3.47. The summed E-state index contributed by atoms with van der Waals surface area (Å²) >= 11 is 0. The summed E-state index contributed by atoms with van der Waals surface area (Å²) in [6, 6.07) is 16.2. The number of carbonyl (C=O) groups excluding carboxylic acids is 2. The summed E-state index contributed by atoms with van der Waals surface area (Å²) in [4.78, 5) is 24.9. The molecule has 1 fully saturated rings. The minimum atomic E-state index is -0.982. The highest BCUT2D eigenvalue weighted by Crippen LogP contribution is 2.33. The molecule has 0 unspecified atom stereocenters. The van der Waals surface area contributed by atoms with Crippen molar-refractivity contribution in [2.24, 2.45) is 5.92 Å². The summed E-state index contributed by atoms with van der Waals surface area (Å²) in [5.41, 5.74) is 1.20. The Morgan fingerprint density at radius 3 is 2.44 bits per heavy atom. The minimum absolute atomic E-state index is 0.0743. The Kier molecular flexibility index (Phi) is 5.33. The summed E-state index contributed by atoms with van der Waals surface area (Å²) in [5.74, 6) is -0.206. The highest BCUT2D eigenvalue weighted by molar-refractivity contribution is 5.97. The fraction of sp³-hybridized carbons (Fsp3) is 0.300. The van der Waals surface area contributed by atoms with E-state index >= 15 is 0 Å². The van der Waals surface area contributed by atoms with Gasteiger partial charge in [0.2, 0.25) is 6.10 Å². The Morgan fingerprint density at radius 2 is 1.76 bits per heavy atom. The third kappa shape index (κ3) is 4.38. The topological polar surface area (TPSA) is 64.6 Å². The molecular formula is C20H21NO4. The normalized spacial score (nSPS) is 14.4. The van der Waals surface area contributed by atoms with Crippen LogP contribution in [0, 0.1) is 5.92 Å². The summed E-state index contributed by atoms with van der Waals surface area (Å²) < 4.78 is 11.0. The smallest absolute Gasteiger partial charge is 0.310 e. The van der Waals surface area contributed by atoms with Crippen molar-refractivity contribution in [3.63, 3.8) is 0 Å². The summed E-state index contributed by atoms with van der Waals surface area (Å²) in [6.45, 7) is 2.37. The van der Waals surface area contributed by atoms with E-state index in [1.807, 2.05) is 37.3 Å². The van der Waals surface area contributed by atoms with E-state index in [1.165, 1.54) is 0 Å². The molecule has 1 N–H and O–H groups in total. The van der Waals surface area contributed by atoms with Gasteiger partial charge in [0, 0.05) is 5.56 Å². The Bertz CT molecular complexity index is 740. The van der Waals surface area contributed by atoms with Crippen molar-refractivity contribution in [2.75, 3.05) is 11.9 Å². The minimum Gasteiger partial charge on any atom is -0.492 e. The number of amides is 1. The maximum absolute atomic E-state index is 12.8. The van der Waals surface area contributed by atoms with E-state index < -0.39 is 12.0 Å². The Balaban J connectivity index is 1.80. The molecule has 2 aromatic carbocycles. The summed E-state index contributed by atoms with van der Waals surface area (Å²) in [7, 11) is 0. The fourth-order valence-corrected chi connectivity index (χ4v) is 2.48. The molecule has 0 radical (unpaired) electrons. The predicted octanol–water partition coefficient (Wildman–Crippen LogP) is 3.72. The lowest BCUT2D eigenvalue weighted by Gasteiger charge is -2.19. The molecular weight excluding hydrogens is 318 g/mol. The van der Waals surface area contributed by atoms with Crippen LogP contribution in [0.2, 0.25) is 0 Å². The van der Waals surface area contributed by atoms with Crippen molar-refractivity contribution in [3.8, 4) is 5.75 Å². The number of benzene rings is 2. The van der Waals surface area contributed by atoms with Crippen molar-refractivity contribution in [2.45, 2.75) is 25.9 Å². The van der Waals surface area contributed by atoms with Crippen LogP contribution in [0.4, 0.5) is 5.69 Å². The van der Waals surface area contributed by atoms with E-state index in [4.69, 9.17) is 9.47 Å². The molecule has 0 aliphatic heterocycles. The number of hydrogen-bond acceptors (Lipinski definition) is 4. The van der Waals surface area contributed by atoms with Crippen LogP contribution >= 0.6 is 0 Å². The lowest BCUT2D eigenvalue weighted by atomic mass is 10.1. The zero-order chi connectivity index (χ0) is 17.6. The second kappa shape index (κ2) is 7.83. The van der Waals surface area contributed by atoms with Gasteiger partial charge in [-0.25, -0.2) is 0 Å². The van der Waals surface area contributed by atoms with Crippen molar-refractivity contribution >= 4 is 17.6 Å². The first kappa shape index (κ1) is 17.0. The SMILES string of the molecule is CCOc1ccccc1NC(=O)[C@@H](OC(=O)C1CC1)c1ccccc1. The molecule has 130 valence electrons. The van der Waals surface area contributed by atoms with E-state index in [9.17, 15) is 9.59 Å². The van der Waals surface area contributed by atoms with Gasteiger partial charge in [-0.2, -0.15) is 0 Å². The highest BCUT2D eigenvalue weighted by atomic mass is 16.5. The van der Waals surface area contributed by atoms with Crippen LogP contribution in [0.15, 0.2) is 54.6 Å². The number of para-hydroxylation sites is 2. The zero-order valence-electron chi connectivity index (χ0n) is 14.1. The first-order valence-electron chi connectivity index (χ1n) is 8.47. The van der Waals surface area contributed by atoms with Crippen LogP contribution in [0.3, 0.4) is 0 Å². The van der Waals surface area contributed by atoms with Gasteiger partial charge in [0.25, 0.3) is 5.91 Å². The second-order valence-electron chi connectivity index (χ2n) is 5.92. The van der Waals surface area contributed by atoms with Gasteiger partial charge in [-0.3, -0.25) is 9.59 Å². The quantitative estimate of drug-likeness (QED) is 0.781. The third-order valence-corrected chi connectivity index (χ3v) is 3.93. The van der Waals surface area contributed by atoms with E-state index in [0.717, 1.165) is 12.8 Å². The van der Waals surface area contributed by atoms with Gasteiger partial charge in [0.15, 0.2) is 0 Å². The molecule has 0 spiro atoms. The van der Waals surface area contributed by atoms with Crippen LogP contribution < -0.4 is 10.1 Å². The number of hydrogen-bond donors (Lipinski definition) is 1. The van der Waals surface area contributed by atoms with Gasteiger partial charge < -0.3 is 14.8 Å². The van der Waals surface area contributed by atoms with Gasteiger partial charge in [0.05, 0.1) is 18.2 Å². The zero-order valence-corrected chi connectivity index (χ0v) is 14.1. The van der Waals surface area contributed by atoms with Gasteiger partial charge in [0.1, 0.15) is 5.75 Å². The first-order valence-corrected chi connectivity index (χ1v) is 8.47. The predicted molar refractivity (Wildman–Crippen MR) is 94.2 cm³/mol. The standard InChI is InChI=1S/C20H21NO4/c1-2-24-17-11-7-6-10-16(17)21-19(22)18(14-8-4-3-5-9-14)25-20(23)15-12-13-15/h3-11,15,18H,2,12-13H2,1H3,(H,21,22)/t18-/m0/s1. The third-order valence-electron chi connectivity index (χ3n) is 3.93. The molecule has 0 heterocycles. The van der Waals surface area contributed by atoms with E-state index in [1.54, 1.807) is 24.3 Å². The molecule has 1 atom stereocenters. The van der Waals surface area contributed by atoms with Gasteiger partial charge in [-0.05, 0) is 31.9 Å². The number of carbonyl (C=O) groups is 2. The van der Waals surface area contributed by atoms with Crippen LogP contribution in [-0.2, 0) is 14.3 Å². The molecule has 0 aromatic heterocycles. The second-order valence-corrected chi connectivity index (χ2v) is 5.92. The molecule has 5 heteroatoms. The molecule has 1 aliphatic carbocycles.